The minimum Gasteiger partial charge on any atom is -0.377 e. The van der Waals surface area contributed by atoms with Gasteiger partial charge in [-0.25, -0.2) is 0 Å². The van der Waals surface area contributed by atoms with Crippen molar-refractivity contribution in [1.29, 1.82) is 0 Å². The first kappa shape index (κ1) is 22.6. The molecule has 0 saturated heterocycles. The van der Waals surface area contributed by atoms with E-state index in [0.717, 1.165) is 23.0 Å². The molecule has 6 rings (SSSR count). The molecule has 36 heavy (non-hydrogen) atoms. The van der Waals surface area contributed by atoms with E-state index in [2.05, 4.69) is 5.32 Å². The van der Waals surface area contributed by atoms with Crippen molar-refractivity contribution in [3.8, 4) is 0 Å². The third kappa shape index (κ3) is 3.53. The molecule has 0 aliphatic carbocycles. The van der Waals surface area contributed by atoms with Crippen molar-refractivity contribution in [1.82, 2.24) is 14.5 Å². The Morgan fingerprint density at radius 3 is 2.22 bits per heavy atom. The van der Waals surface area contributed by atoms with Gasteiger partial charge in [0.1, 0.15) is 0 Å². The zero-order chi connectivity index (χ0) is 25.2. The molecule has 1 unspecified atom stereocenters. The molecule has 1 atom stereocenters. The van der Waals surface area contributed by atoms with E-state index in [1.165, 1.54) is 6.07 Å². The van der Waals surface area contributed by atoms with Crippen LogP contribution in [0.2, 0.25) is 0 Å². The van der Waals surface area contributed by atoms with Crippen molar-refractivity contribution in [2.24, 2.45) is 0 Å². The highest BCUT2D eigenvalue weighted by Crippen LogP contribution is 2.40. The van der Waals surface area contributed by atoms with Gasteiger partial charge in [-0.1, -0.05) is 24.3 Å². The summed E-state index contributed by atoms with van der Waals surface area (Å²) in [5, 5.41) is 3.69. The van der Waals surface area contributed by atoms with Crippen molar-refractivity contribution in [2.45, 2.75) is 38.7 Å². The first-order chi connectivity index (χ1) is 17.2. The van der Waals surface area contributed by atoms with Gasteiger partial charge in [-0.15, -0.1) is 0 Å². The molecule has 0 radical (unpaired) electrons. The first-order valence-electron chi connectivity index (χ1n) is 11.7. The van der Waals surface area contributed by atoms with E-state index >= 15 is 0 Å². The summed E-state index contributed by atoms with van der Waals surface area (Å²) in [6.07, 6.45) is -0.554. The lowest BCUT2D eigenvalue weighted by atomic mass is 9.95. The number of alkyl halides is 3. The molecule has 4 bridgehead atoms. The number of fused-ring (bicyclic) bond motifs is 12. The normalized spacial score (nSPS) is 19.1. The van der Waals surface area contributed by atoms with Crippen LogP contribution in [0.3, 0.4) is 0 Å². The van der Waals surface area contributed by atoms with Crippen LogP contribution in [-0.4, -0.2) is 33.7 Å². The molecule has 0 saturated carbocycles. The Morgan fingerprint density at radius 1 is 0.889 bits per heavy atom. The monoisotopic (exact) mass is 493 g/mol. The number of hydrogen-bond acceptors (Lipinski definition) is 3. The molecule has 2 aliphatic heterocycles. The largest absolute Gasteiger partial charge is 0.416 e. The highest BCUT2D eigenvalue weighted by Gasteiger charge is 2.36. The molecule has 6 nitrogen and oxygen atoms in total. The maximum absolute atomic E-state index is 13.5. The van der Waals surface area contributed by atoms with E-state index in [4.69, 9.17) is 4.74 Å². The Bertz CT molecular complexity index is 1590. The minimum absolute atomic E-state index is 0.132. The molecule has 2 amide bonds. The molecule has 184 valence electrons. The lowest BCUT2D eigenvalue weighted by Crippen LogP contribution is -2.22. The second-order valence-electron chi connectivity index (χ2n) is 9.22. The summed E-state index contributed by atoms with van der Waals surface area (Å²) in [5.41, 5.74) is 1.90. The molecule has 0 spiro atoms. The Kier molecular flexibility index (Phi) is 5.08. The molecule has 2 aromatic heterocycles. The molecule has 4 aromatic rings. The topological polar surface area (TPSA) is 65.3 Å². The molecule has 4 heterocycles. The molecule has 2 aromatic carbocycles. The average Bonchev–Trinajstić information content (AvgIpc) is 3.47. The molecule has 0 fully saturated rings. The number of aryl methyl sites for hydroxylation is 1. The van der Waals surface area contributed by atoms with Gasteiger partial charge in [0.25, 0.3) is 11.8 Å². The Balaban J connectivity index is 1.68. The SMILES string of the molecule is CC1CCn2cc(c3ccc(C(F)(F)F)cc32)C2=C(C(=O)NC2=O)c2cn(c3ccccc23)CCO1. The van der Waals surface area contributed by atoms with Gasteiger partial charge in [-0.2, -0.15) is 13.2 Å². The number of halogens is 3. The fourth-order valence-corrected chi connectivity index (χ4v) is 5.21. The van der Waals surface area contributed by atoms with Crippen molar-refractivity contribution in [2.75, 3.05) is 6.61 Å². The minimum atomic E-state index is -4.51. The van der Waals surface area contributed by atoms with Crippen LogP contribution in [0.1, 0.15) is 30.0 Å². The zero-order valence-corrected chi connectivity index (χ0v) is 19.4. The number of ether oxygens (including phenoxy) is 1. The summed E-state index contributed by atoms with van der Waals surface area (Å²) in [6.45, 7) is 3.29. The van der Waals surface area contributed by atoms with E-state index in [-0.39, 0.29) is 17.3 Å². The smallest absolute Gasteiger partial charge is 0.377 e. The van der Waals surface area contributed by atoms with Gasteiger partial charge in [-0.3, -0.25) is 14.9 Å². The fourth-order valence-electron chi connectivity index (χ4n) is 5.21. The van der Waals surface area contributed by atoms with E-state index in [1.54, 1.807) is 10.8 Å². The quantitative estimate of drug-likeness (QED) is 0.351. The molecule has 1 N–H and O–H groups in total. The van der Waals surface area contributed by atoms with Crippen LogP contribution < -0.4 is 5.32 Å². The van der Waals surface area contributed by atoms with E-state index in [1.807, 2.05) is 42.0 Å². The van der Waals surface area contributed by atoms with Crippen LogP contribution >= 0.6 is 0 Å². The predicted octanol–water partition coefficient (Wildman–Crippen LogP) is 4.99. The number of nitrogens with zero attached hydrogens (tertiary/aromatic N) is 2. The summed E-state index contributed by atoms with van der Waals surface area (Å²) >= 11 is 0. The van der Waals surface area contributed by atoms with Crippen LogP contribution in [0.4, 0.5) is 13.2 Å². The number of carbonyl (C=O) groups is 2. The van der Waals surface area contributed by atoms with Gasteiger partial charge in [-0.05, 0) is 31.5 Å². The number of aromatic nitrogens is 2. The van der Waals surface area contributed by atoms with Crippen molar-refractivity contribution < 1.29 is 27.5 Å². The summed E-state index contributed by atoms with van der Waals surface area (Å²) in [6, 6.07) is 11.1. The van der Waals surface area contributed by atoms with Crippen molar-refractivity contribution >= 4 is 44.8 Å². The van der Waals surface area contributed by atoms with E-state index < -0.39 is 23.6 Å². The van der Waals surface area contributed by atoms with Gasteiger partial charge < -0.3 is 13.9 Å². The number of amides is 2. The van der Waals surface area contributed by atoms with Crippen LogP contribution in [0, 0.1) is 0 Å². The van der Waals surface area contributed by atoms with Gasteiger partial charge in [0.15, 0.2) is 0 Å². The molecular weight excluding hydrogens is 471 g/mol. The highest BCUT2D eigenvalue weighted by atomic mass is 19.4. The van der Waals surface area contributed by atoms with Crippen molar-refractivity contribution in [3.63, 3.8) is 0 Å². The van der Waals surface area contributed by atoms with E-state index in [0.29, 0.717) is 48.1 Å². The summed E-state index contributed by atoms with van der Waals surface area (Å²) < 4.78 is 50.3. The second-order valence-corrected chi connectivity index (χ2v) is 9.22. The maximum Gasteiger partial charge on any atom is 0.416 e. The van der Waals surface area contributed by atoms with Crippen LogP contribution in [0.5, 0.6) is 0 Å². The van der Waals surface area contributed by atoms with Crippen LogP contribution in [0.15, 0.2) is 54.9 Å². The highest BCUT2D eigenvalue weighted by molar-refractivity contribution is 6.50. The van der Waals surface area contributed by atoms with Crippen molar-refractivity contribution in [3.05, 3.63) is 71.5 Å². The number of imide groups is 1. The Morgan fingerprint density at radius 2 is 1.53 bits per heavy atom. The number of carbonyl (C=O) groups excluding carboxylic acids is 2. The third-order valence-electron chi connectivity index (χ3n) is 6.98. The lowest BCUT2D eigenvalue weighted by molar-refractivity contribution is -0.137. The average molecular weight is 493 g/mol. The summed E-state index contributed by atoms with van der Waals surface area (Å²) in [7, 11) is 0. The zero-order valence-electron chi connectivity index (χ0n) is 19.4. The molecular formula is C27H22F3N3O3. The third-order valence-corrected chi connectivity index (χ3v) is 6.98. The maximum atomic E-state index is 13.5. The van der Waals surface area contributed by atoms with Gasteiger partial charge in [0.2, 0.25) is 0 Å². The second kappa shape index (κ2) is 8.09. The molecule has 9 heteroatoms. The number of rotatable bonds is 0. The van der Waals surface area contributed by atoms with Gasteiger partial charge in [0, 0.05) is 58.4 Å². The lowest BCUT2D eigenvalue weighted by Gasteiger charge is -2.15. The fraction of sp³-hybridized carbons (Fsp3) is 0.259. The van der Waals surface area contributed by atoms with Crippen LogP contribution in [-0.2, 0) is 33.6 Å². The Labute approximate surface area is 203 Å². The summed E-state index contributed by atoms with van der Waals surface area (Å²) in [5.74, 6) is -1.09. The summed E-state index contributed by atoms with van der Waals surface area (Å²) in [4.78, 5) is 26.2. The Hall–Kier alpha value is -3.85. The predicted molar refractivity (Wildman–Crippen MR) is 129 cm³/mol. The number of hydrogen-bond donors (Lipinski definition) is 1. The van der Waals surface area contributed by atoms with E-state index in [9.17, 15) is 22.8 Å². The van der Waals surface area contributed by atoms with Gasteiger partial charge in [0.05, 0.1) is 29.4 Å². The van der Waals surface area contributed by atoms with Crippen LogP contribution in [0.25, 0.3) is 33.0 Å². The van der Waals surface area contributed by atoms with Gasteiger partial charge >= 0.3 is 6.18 Å². The standard InChI is InChI=1S/C27H22F3N3O3/c1-15-8-9-32-13-20(18-7-6-16(12-22(18)32)27(28,29)30)24-23(25(34)31-26(24)35)19-14-33(10-11-36-15)21-5-3-2-4-17(19)21/h2-7,12-15H,8-11H2,1H3,(H,31,34,35). The first-order valence-corrected chi connectivity index (χ1v) is 11.7. The number of para-hydroxylation sites is 1. The molecule has 2 aliphatic rings. The number of nitrogens with one attached hydrogen (secondary N) is 1. The number of benzene rings is 2.